The van der Waals surface area contributed by atoms with E-state index < -0.39 is 0 Å². The lowest BCUT2D eigenvalue weighted by Crippen LogP contribution is -2.35. The Kier molecular flexibility index (Phi) is 4.58. The van der Waals surface area contributed by atoms with Crippen molar-refractivity contribution in [1.29, 1.82) is 0 Å². The molecule has 0 saturated carbocycles. The molecule has 25 heavy (non-hydrogen) atoms. The molecule has 4 heterocycles. The molecule has 2 saturated heterocycles. The van der Waals surface area contributed by atoms with Crippen LogP contribution in [0, 0.1) is 18.8 Å². The van der Waals surface area contributed by atoms with Crippen LogP contribution in [0.4, 0.5) is 0 Å². The Balaban J connectivity index is 1.32. The number of amides is 1. The summed E-state index contributed by atoms with van der Waals surface area (Å²) in [5.41, 5.74) is 3.63. The monoisotopic (exact) mass is 361 g/mol. The number of nitrogens with zero attached hydrogens (tertiary/aromatic N) is 4. The SMILES string of the molecule is Cc1ncsc1CN1C[C@@H]2[C@@H](CNC(=O)c3ccnn3C)CO[C@@H]2C1. The Hall–Kier alpha value is -1.77. The van der Waals surface area contributed by atoms with Gasteiger partial charge in [-0.25, -0.2) is 4.98 Å². The van der Waals surface area contributed by atoms with Crippen molar-refractivity contribution in [2.45, 2.75) is 19.6 Å². The molecule has 134 valence electrons. The van der Waals surface area contributed by atoms with Crippen LogP contribution in [-0.2, 0) is 18.3 Å². The topological polar surface area (TPSA) is 72.3 Å². The van der Waals surface area contributed by atoms with E-state index >= 15 is 0 Å². The van der Waals surface area contributed by atoms with Crippen LogP contribution in [0.25, 0.3) is 0 Å². The third kappa shape index (κ3) is 3.33. The van der Waals surface area contributed by atoms with Gasteiger partial charge >= 0.3 is 0 Å². The molecule has 1 amide bonds. The van der Waals surface area contributed by atoms with Crippen LogP contribution in [0.5, 0.6) is 0 Å². The van der Waals surface area contributed by atoms with Gasteiger partial charge in [-0.15, -0.1) is 11.3 Å². The number of aryl methyl sites for hydroxylation is 2. The van der Waals surface area contributed by atoms with Crippen LogP contribution in [0.15, 0.2) is 17.8 Å². The van der Waals surface area contributed by atoms with Gasteiger partial charge in [-0.05, 0) is 13.0 Å². The third-order valence-electron chi connectivity index (χ3n) is 5.31. The smallest absolute Gasteiger partial charge is 0.269 e. The van der Waals surface area contributed by atoms with E-state index in [4.69, 9.17) is 4.74 Å². The number of hydrogen-bond donors (Lipinski definition) is 1. The van der Waals surface area contributed by atoms with E-state index in [2.05, 4.69) is 27.2 Å². The first-order chi connectivity index (χ1) is 12.1. The van der Waals surface area contributed by atoms with Crippen molar-refractivity contribution in [3.05, 3.63) is 34.0 Å². The van der Waals surface area contributed by atoms with Gasteiger partial charge in [0.2, 0.25) is 0 Å². The number of carbonyl (C=O) groups excluding carboxylic acids is 1. The van der Waals surface area contributed by atoms with Gasteiger partial charge in [-0.3, -0.25) is 14.4 Å². The molecule has 2 fully saturated rings. The highest BCUT2D eigenvalue weighted by Gasteiger charge is 2.43. The molecule has 0 bridgehead atoms. The summed E-state index contributed by atoms with van der Waals surface area (Å²) in [7, 11) is 1.78. The number of nitrogens with one attached hydrogen (secondary N) is 1. The Morgan fingerprint density at radius 3 is 3.08 bits per heavy atom. The van der Waals surface area contributed by atoms with Crippen molar-refractivity contribution in [2.24, 2.45) is 18.9 Å². The molecule has 7 nitrogen and oxygen atoms in total. The molecule has 2 aromatic heterocycles. The van der Waals surface area contributed by atoms with Crippen LogP contribution in [0.2, 0.25) is 0 Å². The van der Waals surface area contributed by atoms with E-state index in [-0.39, 0.29) is 12.0 Å². The van der Waals surface area contributed by atoms with E-state index in [0.29, 0.717) is 24.1 Å². The van der Waals surface area contributed by atoms with Crippen LogP contribution in [0.1, 0.15) is 21.1 Å². The zero-order valence-corrected chi connectivity index (χ0v) is 15.3. The number of aromatic nitrogens is 3. The Morgan fingerprint density at radius 1 is 1.48 bits per heavy atom. The lowest BCUT2D eigenvalue weighted by atomic mass is 9.93. The molecule has 2 aliphatic rings. The molecule has 0 aliphatic carbocycles. The van der Waals surface area contributed by atoms with Crippen LogP contribution < -0.4 is 5.32 Å². The largest absolute Gasteiger partial charge is 0.376 e. The van der Waals surface area contributed by atoms with Crippen LogP contribution in [0.3, 0.4) is 0 Å². The van der Waals surface area contributed by atoms with Gasteiger partial charge in [-0.1, -0.05) is 0 Å². The number of thiazole rings is 1. The van der Waals surface area contributed by atoms with Crippen LogP contribution in [-0.4, -0.2) is 57.9 Å². The minimum atomic E-state index is -0.0708. The van der Waals surface area contributed by atoms with E-state index in [0.717, 1.165) is 31.9 Å². The lowest BCUT2D eigenvalue weighted by Gasteiger charge is -2.19. The summed E-state index contributed by atoms with van der Waals surface area (Å²) >= 11 is 1.72. The summed E-state index contributed by atoms with van der Waals surface area (Å²) in [5, 5.41) is 7.09. The minimum Gasteiger partial charge on any atom is -0.376 e. The van der Waals surface area contributed by atoms with E-state index in [9.17, 15) is 4.79 Å². The molecule has 0 radical (unpaired) electrons. The van der Waals surface area contributed by atoms with Gasteiger partial charge in [0.25, 0.3) is 5.91 Å². The van der Waals surface area contributed by atoms with Gasteiger partial charge < -0.3 is 10.1 Å². The minimum absolute atomic E-state index is 0.0708. The molecule has 0 unspecified atom stereocenters. The Labute approximate surface area is 151 Å². The number of likely N-dealkylation sites (tertiary alicyclic amines) is 1. The second-order valence-corrected chi connectivity index (χ2v) is 7.84. The van der Waals surface area contributed by atoms with Gasteiger partial charge in [0.15, 0.2) is 0 Å². The quantitative estimate of drug-likeness (QED) is 0.862. The summed E-state index contributed by atoms with van der Waals surface area (Å²) in [5.74, 6) is 0.786. The maximum Gasteiger partial charge on any atom is 0.269 e. The number of fused-ring (bicyclic) bond motifs is 1. The molecule has 3 atom stereocenters. The predicted octanol–water partition coefficient (Wildman–Crippen LogP) is 1.06. The van der Waals surface area contributed by atoms with Gasteiger partial charge in [0.1, 0.15) is 5.69 Å². The molecule has 1 N–H and O–H groups in total. The maximum absolute atomic E-state index is 12.3. The molecule has 0 aromatic carbocycles. The highest BCUT2D eigenvalue weighted by molar-refractivity contribution is 7.09. The van der Waals surface area contributed by atoms with Crippen molar-refractivity contribution in [3.63, 3.8) is 0 Å². The molecule has 0 spiro atoms. The molecule has 8 heteroatoms. The predicted molar refractivity (Wildman–Crippen MR) is 94.4 cm³/mol. The highest BCUT2D eigenvalue weighted by Crippen LogP contribution is 2.34. The van der Waals surface area contributed by atoms with Crippen molar-refractivity contribution < 1.29 is 9.53 Å². The van der Waals surface area contributed by atoms with E-state index in [1.807, 2.05) is 5.51 Å². The first kappa shape index (κ1) is 16.7. The molecular formula is C17H23N5O2S. The van der Waals surface area contributed by atoms with Gasteiger partial charge in [-0.2, -0.15) is 5.10 Å². The fourth-order valence-electron chi connectivity index (χ4n) is 3.81. The van der Waals surface area contributed by atoms with Crippen molar-refractivity contribution in [3.8, 4) is 0 Å². The van der Waals surface area contributed by atoms with Crippen LogP contribution >= 0.6 is 11.3 Å². The molecular weight excluding hydrogens is 338 g/mol. The number of ether oxygens (including phenoxy) is 1. The number of rotatable bonds is 5. The normalized spacial score (nSPS) is 26.1. The second kappa shape index (κ2) is 6.86. The second-order valence-electron chi connectivity index (χ2n) is 6.90. The highest BCUT2D eigenvalue weighted by atomic mass is 32.1. The number of hydrogen-bond acceptors (Lipinski definition) is 6. The first-order valence-corrected chi connectivity index (χ1v) is 9.49. The van der Waals surface area contributed by atoms with Crippen molar-refractivity contribution >= 4 is 17.2 Å². The standard InChI is InChI=1S/C17H23N5O2S/c1-11-16(25-10-19-11)8-22-6-13-12(9-24-15(13)7-22)5-18-17(23)14-3-4-20-21(14)2/h3-4,10,12-13,15H,5-9H2,1-2H3,(H,18,23)/t12-,13+,15+/m0/s1. The summed E-state index contributed by atoms with van der Waals surface area (Å²) < 4.78 is 7.59. The summed E-state index contributed by atoms with van der Waals surface area (Å²) in [6.07, 6.45) is 1.92. The van der Waals surface area contributed by atoms with Crippen molar-refractivity contribution in [2.75, 3.05) is 26.2 Å². The fourth-order valence-corrected chi connectivity index (χ4v) is 4.63. The maximum atomic E-state index is 12.3. The fraction of sp³-hybridized carbons (Fsp3) is 0.588. The average Bonchev–Trinajstić information content (AvgIpc) is 3.33. The number of carbonyl (C=O) groups is 1. The van der Waals surface area contributed by atoms with E-state index in [1.54, 1.807) is 35.3 Å². The zero-order chi connectivity index (χ0) is 17.4. The zero-order valence-electron chi connectivity index (χ0n) is 14.5. The first-order valence-electron chi connectivity index (χ1n) is 8.61. The van der Waals surface area contributed by atoms with Crippen molar-refractivity contribution in [1.82, 2.24) is 25.0 Å². The van der Waals surface area contributed by atoms with Gasteiger partial charge in [0, 0.05) is 56.1 Å². The summed E-state index contributed by atoms with van der Waals surface area (Å²) in [4.78, 5) is 20.4. The molecule has 2 aliphatic heterocycles. The summed E-state index contributed by atoms with van der Waals surface area (Å²) in [6.45, 7) is 6.38. The Morgan fingerprint density at radius 2 is 2.36 bits per heavy atom. The van der Waals surface area contributed by atoms with E-state index in [1.165, 1.54) is 4.88 Å². The third-order valence-corrected chi connectivity index (χ3v) is 6.22. The average molecular weight is 361 g/mol. The molecule has 2 aromatic rings. The summed E-state index contributed by atoms with van der Waals surface area (Å²) in [6, 6.07) is 1.73. The van der Waals surface area contributed by atoms with Gasteiger partial charge in [0.05, 0.1) is 23.9 Å². The Bertz CT molecular complexity index is 758. The molecule has 4 rings (SSSR count). The lowest BCUT2D eigenvalue weighted by molar-refractivity contribution is 0.0899.